The van der Waals surface area contributed by atoms with Crippen molar-refractivity contribution in [2.45, 2.75) is 49.6 Å². The van der Waals surface area contributed by atoms with Crippen LogP contribution in [0.5, 0.6) is 0 Å². The summed E-state index contributed by atoms with van der Waals surface area (Å²) in [7, 11) is -3.68. The maximum atomic E-state index is 11.5. The van der Waals surface area contributed by atoms with Crippen LogP contribution >= 0.6 is 0 Å². The number of nitrogens with two attached hydrogens (primary N) is 1. The maximum absolute atomic E-state index is 11.5. The minimum Gasteiger partial charge on any atom is -0.359 e. The monoisotopic (exact) mass is 334 g/mol. The fourth-order valence-electron chi connectivity index (χ4n) is 3.07. The molecule has 0 radical (unpaired) electrons. The van der Waals surface area contributed by atoms with E-state index in [2.05, 4.69) is 22.0 Å². The van der Waals surface area contributed by atoms with Crippen molar-refractivity contribution in [2.75, 3.05) is 4.90 Å². The molecule has 8 heteroatoms. The summed E-state index contributed by atoms with van der Waals surface area (Å²) in [6, 6.07) is 5.24. The molecule has 0 saturated heterocycles. The predicted molar refractivity (Wildman–Crippen MR) is 83.4 cm³/mol. The number of nitrogens with zero attached hydrogens (tertiary/aromatic N) is 3. The van der Waals surface area contributed by atoms with Crippen LogP contribution in [0, 0.1) is 0 Å². The molecule has 2 heterocycles. The molecule has 1 aliphatic heterocycles. The minimum atomic E-state index is -3.68. The van der Waals surface area contributed by atoms with Crippen molar-refractivity contribution in [3.8, 4) is 0 Å². The normalized spacial score (nSPS) is 20.8. The Kier molecular flexibility index (Phi) is 3.21. The van der Waals surface area contributed by atoms with Crippen LogP contribution < -0.4 is 10.0 Å². The van der Waals surface area contributed by atoms with Crippen LogP contribution in [0.15, 0.2) is 27.6 Å². The lowest BCUT2D eigenvalue weighted by atomic mass is 10.1. The third-order valence-electron chi connectivity index (χ3n) is 4.47. The van der Waals surface area contributed by atoms with Gasteiger partial charge in [-0.1, -0.05) is 5.16 Å². The van der Waals surface area contributed by atoms with E-state index in [0.717, 1.165) is 36.3 Å². The van der Waals surface area contributed by atoms with Crippen LogP contribution in [0.2, 0.25) is 0 Å². The van der Waals surface area contributed by atoms with E-state index in [9.17, 15) is 8.42 Å². The van der Waals surface area contributed by atoms with Crippen molar-refractivity contribution in [1.29, 1.82) is 0 Å². The van der Waals surface area contributed by atoms with Gasteiger partial charge in [-0.25, -0.2) is 13.6 Å². The van der Waals surface area contributed by atoms with E-state index < -0.39 is 10.0 Å². The van der Waals surface area contributed by atoms with Crippen LogP contribution in [-0.2, 0) is 23.0 Å². The van der Waals surface area contributed by atoms with Crippen LogP contribution in [0.25, 0.3) is 0 Å². The first-order valence-corrected chi connectivity index (χ1v) is 9.21. The first-order valence-electron chi connectivity index (χ1n) is 7.66. The Hall–Kier alpha value is -1.93. The lowest BCUT2D eigenvalue weighted by Gasteiger charge is -2.22. The summed E-state index contributed by atoms with van der Waals surface area (Å²) < 4.78 is 28.3. The van der Waals surface area contributed by atoms with Crippen molar-refractivity contribution in [3.63, 3.8) is 0 Å². The molecule has 23 heavy (non-hydrogen) atoms. The quantitative estimate of drug-likeness (QED) is 0.910. The molecule has 0 unspecified atom stereocenters. The highest BCUT2D eigenvalue weighted by Crippen LogP contribution is 2.39. The first-order chi connectivity index (χ1) is 10.9. The van der Waals surface area contributed by atoms with E-state index in [-0.39, 0.29) is 10.9 Å². The Labute approximate surface area is 134 Å². The van der Waals surface area contributed by atoms with Gasteiger partial charge < -0.3 is 9.42 Å². The van der Waals surface area contributed by atoms with Crippen molar-refractivity contribution in [2.24, 2.45) is 5.14 Å². The van der Waals surface area contributed by atoms with Gasteiger partial charge in [-0.15, -0.1) is 0 Å². The topological polar surface area (TPSA) is 102 Å². The summed E-state index contributed by atoms with van der Waals surface area (Å²) in [5, 5.41) is 9.25. The molecule has 7 nitrogen and oxygen atoms in total. The average molecular weight is 334 g/mol. The fourth-order valence-corrected chi connectivity index (χ4v) is 3.64. The van der Waals surface area contributed by atoms with Gasteiger partial charge in [0.25, 0.3) is 0 Å². The molecule has 1 aliphatic carbocycles. The molecule has 1 saturated carbocycles. The Morgan fingerprint density at radius 1 is 1.39 bits per heavy atom. The number of anilines is 1. The molecule has 1 aromatic heterocycles. The zero-order valence-corrected chi connectivity index (χ0v) is 13.6. The summed E-state index contributed by atoms with van der Waals surface area (Å²) in [6.45, 7) is 2.62. The fraction of sp³-hybridized carbons (Fsp3) is 0.467. The number of sulfonamides is 1. The van der Waals surface area contributed by atoms with Crippen LogP contribution in [0.3, 0.4) is 0 Å². The SMILES string of the molecule is C[C@@H]1Cc2cc(S(N)(=O)=O)ccc2N1Cc1nc(C2CC2)no1. The highest BCUT2D eigenvalue weighted by atomic mass is 32.2. The molecule has 1 atom stereocenters. The van der Waals surface area contributed by atoms with Crippen LogP contribution in [0.4, 0.5) is 5.69 Å². The average Bonchev–Trinajstić information content (AvgIpc) is 3.15. The molecule has 122 valence electrons. The van der Waals surface area contributed by atoms with Gasteiger partial charge in [-0.2, -0.15) is 4.98 Å². The van der Waals surface area contributed by atoms with Crippen LogP contribution in [0.1, 0.15) is 43.0 Å². The summed E-state index contributed by atoms with van der Waals surface area (Å²) in [5.41, 5.74) is 1.97. The third kappa shape index (κ3) is 2.72. The number of aromatic nitrogens is 2. The van der Waals surface area contributed by atoms with E-state index in [0.29, 0.717) is 18.4 Å². The molecule has 1 fully saturated rings. The van der Waals surface area contributed by atoms with Crippen LogP contribution in [-0.4, -0.2) is 24.6 Å². The van der Waals surface area contributed by atoms with E-state index in [1.807, 2.05) is 0 Å². The molecule has 0 amide bonds. The predicted octanol–water partition coefficient (Wildman–Crippen LogP) is 1.55. The maximum Gasteiger partial charge on any atom is 0.246 e. The molecule has 2 aromatic rings. The molecular weight excluding hydrogens is 316 g/mol. The Bertz CT molecular complexity index is 857. The number of hydrogen-bond acceptors (Lipinski definition) is 6. The second-order valence-corrected chi connectivity index (χ2v) is 7.90. The highest BCUT2D eigenvalue weighted by molar-refractivity contribution is 7.89. The zero-order chi connectivity index (χ0) is 16.2. The third-order valence-corrected chi connectivity index (χ3v) is 5.38. The lowest BCUT2D eigenvalue weighted by Crippen LogP contribution is -2.28. The number of hydrogen-bond donors (Lipinski definition) is 1. The van der Waals surface area contributed by atoms with Gasteiger partial charge in [-0.05, 0) is 49.9 Å². The summed E-state index contributed by atoms with van der Waals surface area (Å²) in [6.07, 6.45) is 3.04. The van der Waals surface area contributed by atoms with Crippen molar-refractivity contribution in [3.05, 3.63) is 35.5 Å². The van der Waals surface area contributed by atoms with Gasteiger partial charge in [0.1, 0.15) is 0 Å². The Morgan fingerprint density at radius 2 is 2.17 bits per heavy atom. The van der Waals surface area contributed by atoms with E-state index >= 15 is 0 Å². The Morgan fingerprint density at radius 3 is 2.87 bits per heavy atom. The number of rotatable bonds is 4. The van der Waals surface area contributed by atoms with Gasteiger partial charge in [0.15, 0.2) is 5.82 Å². The molecule has 0 bridgehead atoms. The van der Waals surface area contributed by atoms with Gasteiger partial charge in [0, 0.05) is 17.6 Å². The summed E-state index contributed by atoms with van der Waals surface area (Å²) in [5.74, 6) is 1.87. The lowest BCUT2D eigenvalue weighted by molar-refractivity contribution is 0.368. The smallest absolute Gasteiger partial charge is 0.246 e. The largest absolute Gasteiger partial charge is 0.359 e. The summed E-state index contributed by atoms with van der Waals surface area (Å²) >= 11 is 0. The first kappa shape index (κ1) is 14.6. The van der Waals surface area contributed by atoms with E-state index in [1.54, 1.807) is 18.2 Å². The van der Waals surface area contributed by atoms with Gasteiger partial charge in [0.2, 0.25) is 15.9 Å². The van der Waals surface area contributed by atoms with Crippen molar-refractivity contribution < 1.29 is 12.9 Å². The highest BCUT2D eigenvalue weighted by Gasteiger charge is 2.31. The Balaban J connectivity index is 1.60. The molecule has 4 rings (SSSR count). The van der Waals surface area contributed by atoms with E-state index in [1.165, 1.54) is 0 Å². The molecule has 2 N–H and O–H groups in total. The van der Waals surface area contributed by atoms with Crippen molar-refractivity contribution in [1.82, 2.24) is 10.1 Å². The number of fused-ring (bicyclic) bond motifs is 1. The van der Waals surface area contributed by atoms with Gasteiger partial charge in [-0.3, -0.25) is 0 Å². The summed E-state index contributed by atoms with van der Waals surface area (Å²) in [4.78, 5) is 6.78. The second-order valence-electron chi connectivity index (χ2n) is 6.34. The van der Waals surface area contributed by atoms with Crippen molar-refractivity contribution >= 4 is 15.7 Å². The standard InChI is InChI=1S/C15H18N4O3S/c1-9-6-11-7-12(23(16,20)21)4-5-13(11)19(9)8-14-17-15(18-22-14)10-2-3-10/h4-5,7,9-10H,2-3,6,8H2,1H3,(H2,16,20,21)/t9-/m1/s1. The minimum absolute atomic E-state index is 0.152. The molecular formula is C15H18N4O3S. The second kappa shape index (κ2) is 5.04. The molecule has 2 aliphatic rings. The molecule has 1 aromatic carbocycles. The molecule has 0 spiro atoms. The van der Waals surface area contributed by atoms with Gasteiger partial charge >= 0.3 is 0 Å². The number of primary sulfonamides is 1. The zero-order valence-electron chi connectivity index (χ0n) is 12.8. The van der Waals surface area contributed by atoms with E-state index in [4.69, 9.17) is 9.66 Å². The van der Waals surface area contributed by atoms with Gasteiger partial charge in [0.05, 0.1) is 11.4 Å². The number of benzene rings is 1.